The molecule has 1 amide bonds. The third-order valence-corrected chi connectivity index (χ3v) is 5.94. The zero-order valence-electron chi connectivity index (χ0n) is 15.9. The highest BCUT2D eigenvalue weighted by atomic mass is 35.5. The van der Waals surface area contributed by atoms with Gasteiger partial charge in [-0.05, 0) is 42.5 Å². The Morgan fingerprint density at radius 1 is 1.11 bits per heavy atom. The second-order valence-corrected chi connectivity index (χ2v) is 8.24. The molecule has 0 aliphatic carbocycles. The summed E-state index contributed by atoms with van der Waals surface area (Å²) in [7, 11) is 0. The third-order valence-electron chi connectivity index (χ3n) is 4.59. The number of benzene rings is 1. The second kappa shape index (κ2) is 11.2. The van der Waals surface area contributed by atoms with Crippen LogP contribution in [-0.2, 0) is 4.79 Å². The lowest BCUT2D eigenvalue weighted by atomic mass is 10.3. The van der Waals surface area contributed by atoms with Crippen LogP contribution in [0.2, 0.25) is 5.02 Å². The first-order chi connectivity index (χ1) is 13.7. The van der Waals surface area contributed by atoms with Crippen molar-refractivity contribution in [3.8, 4) is 0 Å². The van der Waals surface area contributed by atoms with Crippen LogP contribution in [0, 0.1) is 0 Å². The number of carbonyl (C=O) groups excluding carboxylic acids is 1. The number of hydrogen-bond donors (Lipinski definition) is 1. The lowest BCUT2D eigenvalue weighted by molar-refractivity contribution is -0.121. The molecule has 3 rings (SSSR count). The summed E-state index contributed by atoms with van der Waals surface area (Å²) in [5.74, 6) is 1.86. The number of carbonyl (C=O) groups is 1. The van der Waals surface area contributed by atoms with Gasteiger partial charge in [0.25, 0.3) is 0 Å². The number of nitrogens with zero attached hydrogens (tertiary/aromatic N) is 4. The highest BCUT2D eigenvalue weighted by molar-refractivity contribution is 7.99. The minimum atomic E-state index is 0.132. The molecule has 1 aromatic heterocycles. The molecule has 1 aliphatic heterocycles. The molecular formula is C20H26ClN5OS. The Kier molecular flexibility index (Phi) is 8.39. The molecule has 2 aromatic rings. The zero-order chi connectivity index (χ0) is 19.6. The van der Waals surface area contributed by atoms with Crippen LogP contribution < -0.4 is 10.2 Å². The third kappa shape index (κ3) is 6.96. The van der Waals surface area contributed by atoms with Crippen molar-refractivity contribution in [1.29, 1.82) is 0 Å². The van der Waals surface area contributed by atoms with E-state index in [4.69, 9.17) is 11.6 Å². The highest BCUT2D eigenvalue weighted by Gasteiger charge is 2.18. The van der Waals surface area contributed by atoms with Crippen molar-refractivity contribution in [2.45, 2.75) is 17.7 Å². The number of aromatic nitrogens is 2. The summed E-state index contributed by atoms with van der Waals surface area (Å²) in [4.78, 5) is 26.4. The van der Waals surface area contributed by atoms with E-state index in [0.29, 0.717) is 13.0 Å². The molecule has 0 bridgehead atoms. The van der Waals surface area contributed by atoms with E-state index in [1.807, 2.05) is 30.3 Å². The quantitative estimate of drug-likeness (QED) is 0.498. The van der Waals surface area contributed by atoms with Crippen LogP contribution in [0.3, 0.4) is 0 Å². The average molecular weight is 420 g/mol. The fraction of sp³-hybridized carbons (Fsp3) is 0.450. The average Bonchev–Trinajstić information content (AvgIpc) is 2.74. The van der Waals surface area contributed by atoms with E-state index in [0.717, 1.165) is 55.9 Å². The topological polar surface area (TPSA) is 61.4 Å². The van der Waals surface area contributed by atoms with Gasteiger partial charge < -0.3 is 10.2 Å². The van der Waals surface area contributed by atoms with Crippen molar-refractivity contribution in [1.82, 2.24) is 20.2 Å². The van der Waals surface area contributed by atoms with Crippen LogP contribution >= 0.6 is 23.4 Å². The molecule has 0 saturated carbocycles. The Morgan fingerprint density at radius 2 is 1.82 bits per heavy atom. The molecule has 1 aliphatic rings. The van der Waals surface area contributed by atoms with Crippen molar-refractivity contribution in [3.63, 3.8) is 0 Å². The Balaban J connectivity index is 1.23. The standard InChI is InChI=1S/C20H26ClN5OS/c21-17-4-6-18(7-5-17)28-16-1-3-19(27)22-10-11-25-12-14-26(15-13-25)20-23-8-2-9-24-20/h2,4-9H,1,3,10-16H2,(H,22,27). The Morgan fingerprint density at radius 3 is 2.54 bits per heavy atom. The Labute approximate surface area is 175 Å². The number of hydrogen-bond acceptors (Lipinski definition) is 6. The molecule has 2 heterocycles. The summed E-state index contributed by atoms with van der Waals surface area (Å²) in [5.41, 5.74) is 0. The van der Waals surface area contributed by atoms with Crippen LogP contribution in [-0.4, -0.2) is 65.8 Å². The van der Waals surface area contributed by atoms with E-state index in [9.17, 15) is 4.79 Å². The van der Waals surface area contributed by atoms with E-state index in [2.05, 4.69) is 25.1 Å². The first-order valence-corrected chi connectivity index (χ1v) is 11.0. The van der Waals surface area contributed by atoms with E-state index >= 15 is 0 Å². The fourth-order valence-corrected chi connectivity index (χ4v) is 4.00. The number of amides is 1. The first-order valence-electron chi connectivity index (χ1n) is 9.60. The van der Waals surface area contributed by atoms with Gasteiger partial charge in [0, 0.05) is 68.0 Å². The van der Waals surface area contributed by atoms with Crippen molar-refractivity contribution >= 4 is 35.2 Å². The van der Waals surface area contributed by atoms with Crippen LogP contribution in [0.15, 0.2) is 47.6 Å². The van der Waals surface area contributed by atoms with E-state index in [-0.39, 0.29) is 5.91 Å². The minimum Gasteiger partial charge on any atom is -0.355 e. The van der Waals surface area contributed by atoms with Gasteiger partial charge in [0.15, 0.2) is 0 Å². The van der Waals surface area contributed by atoms with Crippen molar-refractivity contribution in [3.05, 3.63) is 47.7 Å². The van der Waals surface area contributed by atoms with Crippen LogP contribution in [0.1, 0.15) is 12.8 Å². The molecule has 0 spiro atoms. The molecule has 0 unspecified atom stereocenters. The number of nitrogens with one attached hydrogen (secondary N) is 1. The van der Waals surface area contributed by atoms with Crippen LogP contribution in [0.25, 0.3) is 0 Å². The largest absolute Gasteiger partial charge is 0.355 e. The van der Waals surface area contributed by atoms with Gasteiger partial charge in [-0.25, -0.2) is 9.97 Å². The summed E-state index contributed by atoms with van der Waals surface area (Å²) in [5, 5.41) is 3.78. The summed E-state index contributed by atoms with van der Waals surface area (Å²) in [6, 6.07) is 9.64. The van der Waals surface area contributed by atoms with Gasteiger partial charge in [0.2, 0.25) is 11.9 Å². The lowest BCUT2D eigenvalue weighted by Crippen LogP contribution is -2.49. The van der Waals surface area contributed by atoms with Crippen LogP contribution in [0.4, 0.5) is 5.95 Å². The van der Waals surface area contributed by atoms with Crippen molar-refractivity contribution < 1.29 is 4.79 Å². The molecule has 1 saturated heterocycles. The molecule has 150 valence electrons. The summed E-state index contributed by atoms with van der Waals surface area (Å²) in [6.07, 6.45) is 4.99. The van der Waals surface area contributed by atoms with Crippen molar-refractivity contribution in [2.24, 2.45) is 0 Å². The van der Waals surface area contributed by atoms with E-state index in [1.165, 1.54) is 4.90 Å². The molecule has 6 nitrogen and oxygen atoms in total. The summed E-state index contributed by atoms with van der Waals surface area (Å²) < 4.78 is 0. The first kappa shape index (κ1) is 20.9. The molecule has 8 heteroatoms. The van der Waals surface area contributed by atoms with E-state index in [1.54, 1.807) is 24.2 Å². The normalized spacial score (nSPS) is 14.8. The maximum Gasteiger partial charge on any atom is 0.225 e. The van der Waals surface area contributed by atoms with Gasteiger partial charge in [0.1, 0.15) is 0 Å². The highest BCUT2D eigenvalue weighted by Crippen LogP contribution is 2.21. The monoisotopic (exact) mass is 419 g/mol. The Hall–Kier alpha value is -1.83. The fourth-order valence-electron chi connectivity index (χ4n) is 3.02. The van der Waals surface area contributed by atoms with Crippen LogP contribution in [0.5, 0.6) is 0 Å². The Bertz CT molecular complexity index is 723. The predicted octanol–water partition coefficient (Wildman–Crippen LogP) is 2.94. The molecular weight excluding hydrogens is 394 g/mol. The lowest BCUT2D eigenvalue weighted by Gasteiger charge is -2.34. The smallest absolute Gasteiger partial charge is 0.225 e. The molecule has 1 aromatic carbocycles. The number of halogens is 1. The zero-order valence-corrected chi connectivity index (χ0v) is 17.5. The predicted molar refractivity (Wildman–Crippen MR) is 115 cm³/mol. The maximum atomic E-state index is 12.0. The van der Waals surface area contributed by atoms with Gasteiger partial charge in [-0.1, -0.05) is 11.6 Å². The summed E-state index contributed by atoms with van der Waals surface area (Å²) in [6.45, 7) is 5.34. The number of rotatable bonds is 9. The minimum absolute atomic E-state index is 0.132. The molecule has 0 atom stereocenters. The van der Waals surface area contributed by atoms with Gasteiger partial charge in [-0.3, -0.25) is 9.69 Å². The van der Waals surface area contributed by atoms with Gasteiger partial charge in [-0.2, -0.15) is 0 Å². The molecule has 1 fully saturated rings. The SMILES string of the molecule is O=C(CCCSc1ccc(Cl)cc1)NCCN1CCN(c2ncccn2)CC1. The number of thioether (sulfide) groups is 1. The van der Waals surface area contributed by atoms with Crippen molar-refractivity contribution in [2.75, 3.05) is 49.9 Å². The number of piperazine rings is 1. The van der Waals surface area contributed by atoms with Gasteiger partial charge in [-0.15, -0.1) is 11.8 Å². The summed E-state index contributed by atoms with van der Waals surface area (Å²) >= 11 is 7.64. The van der Waals surface area contributed by atoms with Gasteiger partial charge in [0.05, 0.1) is 0 Å². The molecule has 0 radical (unpaired) electrons. The molecule has 1 N–H and O–H groups in total. The van der Waals surface area contributed by atoms with Gasteiger partial charge >= 0.3 is 0 Å². The van der Waals surface area contributed by atoms with E-state index < -0.39 is 0 Å². The number of anilines is 1. The molecule has 28 heavy (non-hydrogen) atoms. The maximum absolute atomic E-state index is 12.0. The second-order valence-electron chi connectivity index (χ2n) is 6.63.